The molecule has 1 aromatic carbocycles. The van der Waals surface area contributed by atoms with Crippen LogP contribution in [0.15, 0.2) is 12.1 Å². The lowest BCUT2D eigenvalue weighted by Gasteiger charge is -2.22. The fourth-order valence-electron chi connectivity index (χ4n) is 2.22. The van der Waals surface area contributed by atoms with Crippen molar-refractivity contribution in [1.82, 2.24) is 4.90 Å². The lowest BCUT2D eigenvalue weighted by atomic mass is 10.2. The Morgan fingerprint density at radius 3 is 2.75 bits per heavy atom. The summed E-state index contributed by atoms with van der Waals surface area (Å²) < 4.78 is 0. The minimum atomic E-state index is -1.00. The first kappa shape index (κ1) is 14.9. The third-order valence-corrected chi connectivity index (χ3v) is 4.12. The Hall–Kier alpha value is -1.46. The van der Waals surface area contributed by atoms with E-state index in [2.05, 4.69) is 5.32 Å². The molecule has 0 spiro atoms. The van der Waals surface area contributed by atoms with Gasteiger partial charge in [0.25, 0.3) is 0 Å². The maximum atomic E-state index is 12.2. The maximum absolute atomic E-state index is 12.2. The Morgan fingerprint density at radius 2 is 2.10 bits per heavy atom. The van der Waals surface area contributed by atoms with Gasteiger partial charge < -0.3 is 15.3 Å². The summed E-state index contributed by atoms with van der Waals surface area (Å²) >= 11 is 12.1. The number of carboxylic acids is 1. The molecule has 7 heteroatoms. The molecule has 0 unspecified atom stereocenters. The first-order valence-electron chi connectivity index (χ1n) is 6.17. The highest BCUT2D eigenvalue weighted by Crippen LogP contribution is 2.33. The molecule has 1 aromatic rings. The van der Waals surface area contributed by atoms with Crippen molar-refractivity contribution in [2.24, 2.45) is 0 Å². The molecular weight excluding hydrogens is 303 g/mol. The number of benzene rings is 1. The molecule has 1 fully saturated rings. The van der Waals surface area contributed by atoms with Crippen LogP contribution in [0.4, 0.5) is 10.5 Å². The van der Waals surface area contributed by atoms with E-state index in [0.29, 0.717) is 35.1 Å². The standard InChI is InChI=1S/C13H14Cl2N2O3/c1-7-4-5-8(14)11(10(7)15)16-13(20)17-6-2-3-9(17)12(18)19/h4-5,9H,2-3,6H2,1H3,(H,16,20)(H,18,19)/t9-/m1/s1. The number of carbonyl (C=O) groups excluding carboxylic acids is 1. The molecule has 1 heterocycles. The minimum Gasteiger partial charge on any atom is -0.480 e. The van der Waals surface area contributed by atoms with Gasteiger partial charge in [0.15, 0.2) is 0 Å². The summed E-state index contributed by atoms with van der Waals surface area (Å²) in [4.78, 5) is 24.6. The molecular formula is C13H14Cl2N2O3. The third-order valence-electron chi connectivity index (χ3n) is 3.31. The van der Waals surface area contributed by atoms with E-state index in [1.54, 1.807) is 19.1 Å². The zero-order chi connectivity index (χ0) is 14.9. The highest BCUT2D eigenvalue weighted by Gasteiger charge is 2.34. The molecule has 1 aliphatic rings. The van der Waals surface area contributed by atoms with Gasteiger partial charge in [-0.05, 0) is 31.4 Å². The van der Waals surface area contributed by atoms with Crippen molar-refractivity contribution in [2.75, 3.05) is 11.9 Å². The summed E-state index contributed by atoms with van der Waals surface area (Å²) in [7, 11) is 0. The van der Waals surface area contributed by atoms with E-state index in [9.17, 15) is 9.59 Å². The second-order valence-corrected chi connectivity index (χ2v) is 5.46. The first-order chi connectivity index (χ1) is 9.41. The largest absolute Gasteiger partial charge is 0.480 e. The predicted octanol–water partition coefficient (Wildman–Crippen LogP) is 3.38. The fourth-order valence-corrected chi connectivity index (χ4v) is 2.68. The smallest absolute Gasteiger partial charge is 0.326 e. The second kappa shape index (κ2) is 5.89. The van der Waals surface area contributed by atoms with Crippen molar-refractivity contribution in [3.05, 3.63) is 27.7 Å². The van der Waals surface area contributed by atoms with Gasteiger partial charge in [0.1, 0.15) is 6.04 Å². The summed E-state index contributed by atoms with van der Waals surface area (Å²) in [5.41, 5.74) is 1.09. The number of aliphatic carboxylic acids is 1. The minimum absolute atomic E-state index is 0.314. The number of nitrogens with one attached hydrogen (secondary N) is 1. The summed E-state index contributed by atoms with van der Waals surface area (Å²) in [6, 6.07) is 2.09. The number of amides is 2. The van der Waals surface area contributed by atoms with Gasteiger partial charge in [-0.2, -0.15) is 0 Å². The van der Waals surface area contributed by atoms with Crippen LogP contribution in [0.5, 0.6) is 0 Å². The molecule has 2 amide bonds. The Labute approximate surface area is 126 Å². The van der Waals surface area contributed by atoms with Crippen LogP contribution in [0.3, 0.4) is 0 Å². The topological polar surface area (TPSA) is 69.6 Å². The Kier molecular flexibility index (Phi) is 4.40. The predicted molar refractivity (Wildman–Crippen MR) is 77.6 cm³/mol. The molecule has 0 aliphatic carbocycles. The van der Waals surface area contributed by atoms with Crippen molar-refractivity contribution >= 4 is 40.9 Å². The van der Waals surface area contributed by atoms with Crippen LogP contribution in [0, 0.1) is 6.92 Å². The third kappa shape index (κ3) is 2.83. The van der Waals surface area contributed by atoms with E-state index in [1.165, 1.54) is 4.90 Å². The molecule has 2 rings (SSSR count). The first-order valence-corrected chi connectivity index (χ1v) is 6.92. The van der Waals surface area contributed by atoms with Crippen molar-refractivity contribution in [3.63, 3.8) is 0 Å². The van der Waals surface area contributed by atoms with Gasteiger partial charge in [0.2, 0.25) is 0 Å². The normalized spacial score (nSPS) is 18.1. The van der Waals surface area contributed by atoms with Crippen LogP contribution in [-0.2, 0) is 4.79 Å². The fraction of sp³-hybridized carbons (Fsp3) is 0.385. The molecule has 2 N–H and O–H groups in total. The summed E-state index contributed by atoms with van der Waals surface area (Å²) in [6.07, 6.45) is 1.12. The van der Waals surface area contributed by atoms with Crippen molar-refractivity contribution in [1.29, 1.82) is 0 Å². The molecule has 0 bridgehead atoms. The number of likely N-dealkylation sites (tertiary alicyclic amines) is 1. The van der Waals surface area contributed by atoms with Gasteiger partial charge in [-0.15, -0.1) is 0 Å². The Morgan fingerprint density at radius 1 is 1.40 bits per heavy atom. The number of nitrogens with zero attached hydrogens (tertiary/aromatic N) is 1. The summed E-state index contributed by atoms with van der Waals surface area (Å²) in [6.45, 7) is 2.20. The summed E-state index contributed by atoms with van der Waals surface area (Å²) in [5, 5.41) is 12.4. The number of urea groups is 1. The SMILES string of the molecule is Cc1ccc(Cl)c(NC(=O)N2CCC[C@@H]2C(=O)O)c1Cl. The van der Waals surface area contributed by atoms with E-state index in [-0.39, 0.29) is 0 Å². The van der Waals surface area contributed by atoms with Crippen LogP contribution in [0.2, 0.25) is 10.0 Å². The zero-order valence-corrected chi connectivity index (χ0v) is 12.3. The van der Waals surface area contributed by atoms with E-state index in [1.807, 2.05) is 0 Å². The van der Waals surface area contributed by atoms with E-state index < -0.39 is 18.0 Å². The molecule has 5 nitrogen and oxygen atoms in total. The number of hydrogen-bond donors (Lipinski definition) is 2. The molecule has 0 aromatic heterocycles. The average molecular weight is 317 g/mol. The lowest BCUT2D eigenvalue weighted by molar-refractivity contribution is -0.141. The number of aryl methyl sites for hydroxylation is 1. The molecule has 0 saturated carbocycles. The molecule has 108 valence electrons. The van der Waals surface area contributed by atoms with Crippen molar-refractivity contribution < 1.29 is 14.7 Å². The number of carbonyl (C=O) groups is 2. The Balaban J connectivity index is 2.20. The number of hydrogen-bond acceptors (Lipinski definition) is 2. The van der Waals surface area contributed by atoms with Crippen LogP contribution < -0.4 is 5.32 Å². The number of carboxylic acid groups (broad SMARTS) is 1. The number of halogens is 2. The van der Waals surface area contributed by atoms with E-state index >= 15 is 0 Å². The van der Waals surface area contributed by atoms with Crippen LogP contribution in [0.1, 0.15) is 18.4 Å². The van der Waals surface area contributed by atoms with Gasteiger partial charge in [-0.1, -0.05) is 29.3 Å². The van der Waals surface area contributed by atoms with Gasteiger partial charge in [0, 0.05) is 6.54 Å². The summed E-state index contributed by atoms with van der Waals surface area (Å²) in [5.74, 6) is -1.00. The second-order valence-electron chi connectivity index (χ2n) is 4.67. The van der Waals surface area contributed by atoms with Crippen molar-refractivity contribution in [3.8, 4) is 0 Å². The molecule has 1 saturated heterocycles. The highest BCUT2D eigenvalue weighted by atomic mass is 35.5. The molecule has 20 heavy (non-hydrogen) atoms. The van der Waals surface area contributed by atoms with Gasteiger partial charge in [0.05, 0.1) is 15.7 Å². The van der Waals surface area contributed by atoms with Gasteiger partial charge in [-0.3, -0.25) is 0 Å². The molecule has 1 aliphatic heterocycles. The Bertz CT molecular complexity index is 563. The molecule has 1 atom stereocenters. The number of rotatable bonds is 2. The monoisotopic (exact) mass is 316 g/mol. The van der Waals surface area contributed by atoms with Crippen LogP contribution in [0.25, 0.3) is 0 Å². The van der Waals surface area contributed by atoms with Gasteiger partial charge >= 0.3 is 12.0 Å². The average Bonchev–Trinajstić information content (AvgIpc) is 2.88. The molecule has 0 radical (unpaired) electrons. The lowest BCUT2D eigenvalue weighted by Crippen LogP contribution is -2.42. The number of anilines is 1. The van der Waals surface area contributed by atoms with Crippen molar-refractivity contribution in [2.45, 2.75) is 25.8 Å². The van der Waals surface area contributed by atoms with Crippen LogP contribution >= 0.6 is 23.2 Å². The van der Waals surface area contributed by atoms with Gasteiger partial charge in [-0.25, -0.2) is 9.59 Å². The van der Waals surface area contributed by atoms with E-state index in [0.717, 1.165) is 5.56 Å². The highest BCUT2D eigenvalue weighted by molar-refractivity contribution is 6.40. The zero-order valence-electron chi connectivity index (χ0n) is 10.8. The maximum Gasteiger partial charge on any atom is 0.326 e. The quantitative estimate of drug-likeness (QED) is 0.878. The van der Waals surface area contributed by atoms with Crippen LogP contribution in [-0.4, -0.2) is 34.6 Å². The van der Waals surface area contributed by atoms with E-state index in [4.69, 9.17) is 28.3 Å².